The third kappa shape index (κ3) is 2.44. The zero-order chi connectivity index (χ0) is 13.0. The molecule has 3 N–H and O–H groups in total. The minimum atomic E-state index is -0.351. The molecule has 0 bridgehead atoms. The van der Waals surface area contributed by atoms with Crippen LogP contribution in [0.25, 0.3) is 0 Å². The first-order chi connectivity index (χ1) is 8.70. The van der Waals surface area contributed by atoms with Gasteiger partial charge in [-0.25, -0.2) is 0 Å². The molecule has 5 nitrogen and oxygen atoms in total. The van der Waals surface area contributed by atoms with E-state index in [4.69, 9.17) is 11.0 Å². The molecule has 0 spiro atoms. The maximum Gasteiger partial charge on any atom is 0.259 e. The predicted molar refractivity (Wildman–Crippen MR) is 67.8 cm³/mol. The van der Waals surface area contributed by atoms with Crippen molar-refractivity contribution in [2.45, 2.75) is 0 Å². The van der Waals surface area contributed by atoms with Gasteiger partial charge in [0.25, 0.3) is 5.91 Å². The van der Waals surface area contributed by atoms with Crippen molar-refractivity contribution in [3.05, 3.63) is 53.9 Å². The second-order valence-corrected chi connectivity index (χ2v) is 3.61. The summed E-state index contributed by atoms with van der Waals surface area (Å²) < 4.78 is 0. The fraction of sp³-hybridized carbons (Fsp3) is 0. The van der Waals surface area contributed by atoms with Crippen molar-refractivity contribution in [1.82, 2.24) is 4.98 Å². The number of hydrogen-bond donors (Lipinski definition) is 2. The minimum Gasteiger partial charge on any atom is -0.398 e. The van der Waals surface area contributed by atoms with Gasteiger partial charge in [0.1, 0.15) is 0 Å². The number of anilines is 2. The van der Waals surface area contributed by atoms with E-state index in [2.05, 4.69) is 10.3 Å². The third-order valence-corrected chi connectivity index (χ3v) is 2.35. The molecule has 1 heterocycles. The Labute approximate surface area is 104 Å². The molecule has 88 valence electrons. The first-order valence-corrected chi connectivity index (χ1v) is 5.21. The van der Waals surface area contributed by atoms with Crippen LogP contribution in [-0.2, 0) is 0 Å². The van der Waals surface area contributed by atoms with Gasteiger partial charge in [-0.3, -0.25) is 9.78 Å². The molecule has 0 aliphatic rings. The molecule has 0 saturated heterocycles. The van der Waals surface area contributed by atoms with E-state index in [0.717, 1.165) is 0 Å². The van der Waals surface area contributed by atoms with E-state index >= 15 is 0 Å². The molecule has 18 heavy (non-hydrogen) atoms. The van der Waals surface area contributed by atoms with Crippen molar-refractivity contribution in [1.29, 1.82) is 5.26 Å². The lowest BCUT2D eigenvalue weighted by Gasteiger charge is -2.06. The number of nitrogen functional groups attached to an aromatic ring is 1. The van der Waals surface area contributed by atoms with Crippen molar-refractivity contribution in [3.8, 4) is 6.07 Å². The summed E-state index contributed by atoms with van der Waals surface area (Å²) >= 11 is 0. The minimum absolute atomic E-state index is 0.305. The van der Waals surface area contributed by atoms with Gasteiger partial charge in [-0.05, 0) is 24.3 Å². The van der Waals surface area contributed by atoms with Crippen molar-refractivity contribution in [2.24, 2.45) is 0 Å². The molecule has 0 aliphatic heterocycles. The average Bonchev–Trinajstić information content (AvgIpc) is 2.39. The maximum absolute atomic E-state index is 11.9. The van der Waals surface area contributed by atoms with E-state index in [1.165, 1.54) is 12.4 Å². The van der Waals surface area contributed by atoms with Gasteiger partial charge < -0.3 is 11.1 Å². The Hall–Kier alpha value is -2.87. The molecule has 1 aromatic heterocycles. The fourth-order valence-electron chi connectivity index (χ4n) is 1.46. The van der Waals surface area contributed by atoms with E-state index < -0.39 is 0 Å². The number of rotatable bonds is 2. The number of nitriles is 1. The number of carbonyl (C=O) groups is 1. The first kappa shape index (κ1) is 11.6. The molecule has 0 fully saturated rings. The highest BCUT2D eigenvalue weighted by Crippen LogP contribution is 2.14. The van der Waals surface area contributed by atoms with Gasteiger partial charge in [0, 0.05) is 23.8 Å². The lowest BCUT2D eigenvalue weighted by Crippen LogP contribution is -2.14. The fourth-order valence-corrected chi connectivity index (χ4v) is 1.46. The Balaban J connectivity index is 2.22. The summed E-state index contributed by atoms with van der Waals surface area (Å²) in [6.07, 6.45) is 2.92. The summed E-state index contributed by atoms with van der Waals surface area (Å²) in [5.41, 5.74) is 7.37. The van der Waals surface area contributed by atoms with Crippen LogP contribution >= 0.6 is 0 Å². The number of nitrogens with zero attached hydrogens (tertiary/aromatic N) is 2. The highest BCUT2D eigenvalue weighted by atomic mass is 16.1. The topological polar surface area (TPSA) is 91.8 Å². The number of nitrogens with two attached hydrogens (primary N) is 1. The zero-order valence-electron chi connectivity index (χ0n) is 9.42. The maximum atomic E-state index is 11.9. The molecule has 0 atom stereocenters. The summed E-state index contributed by atoms with van der Waals surface area (Å²) in [4.78, 5) is 15.8. The average molecular weight is 238 g/mol. The highest BCUT2D eigenvalue weighted by molar-refractivity contribution is 6.07. The molecule has 1 aromatic carbocycles. The lowest BCUT2D eigenvalue weighted by atomic mass is 10.2. The smallest absolute Gasteiger partial charge is 0.259 e. The molecular weight excluding hydrogens is 228 g/mol. The summed E-state index contributed by atoms with van der Waals surface area (Å²) in [6.45, 7) is 0. The molecule has 0 aliphatic carbocycles. The van der Waals surface area contributed by atoms with Crippen molar-refractivity contribution >= 4 is 17.3 Å². The third-order valence-electron chi connectivity index (χ3n) is 2.35. The number of pyridine rings is 1. The van der Waals surface area contributed by atoms with E-state index in [1.807, 2.05) is 6.07 Å². The monoisotopic (exact) mass is 238 g/mol. The largest absolute Gasteiger partial charge is 0.398 e. The van der Waals surface area contributed by atoms with E-state index in [1.54, 1.807) is 30.3 Å². The Bertz CT molecular complexity index is 631. The number of hydrogen-bond acceptors (Lipinski definition) is 4. The quantitative estimate of drug-likeness (QED) is 0.834. The summed E-state index contributed by atoms with van der Waals surface area (Å²) in [6, 6.07) is 10.2. The standard InChI is InChI=1S/C13H10N4O/c14-7-9-2-1-3-10(6-9)17-13(18)11-8-16-5-4-12(11)15/h1-6,8H,(H2,15,16)(H,17,18). The van der Waals surface area contributed by atoms with Gasteiger partial charge in [0.2, 0.25) is 0 Å². The van der Waals surface area contributed by atoms with Crippen LogP contribution in [0.3, 0.4) is 0 Å². The second-order valence-electron chi connectivity index (χ2n) is 3.61. The molecule has 1 amide bonds. The normalized spacial score (nSPS) is 9.50. The molecule has 0 saturated carbocycles. The van der Waals surface area contributed by atoms with Crippen molar-refractivity contribution in [2.75, 3.05) is 11.1 Å². The first-order valence-electron chi connectivity index (χ1n) is 5.21. The van der Waals surface area contributed by atoms with Gasteiger partial charge >= 0.3 is 0 Å². The number of amides is 1. The van der Waals surface area contributed by atoms with E-state index in [0.29, 0.717) is 22.5 Å². The van der Waals surface area contributed by atoms with Crippen molar-refractivity contribution in [3.63, 3.8) is 0 Å². The molecule has 0 radical (unpaired) electrons. The number of benzene rings is 1. The molecule has 2 rings (SSSR count). The van der Waals surface area contributed by atoms with Crippen LogP contribution in [0, 0.1) is 11.3 Å². The Morgan fingerprint density at radius 2 is 2.22 bits per heavy atom. The van der Waals surface area contributed by atoms with Crippen LogP contribution in [0.1, 0.15) is 15.9 Å². The van der Waals surface area contributed by atoms with Crippen LogP contribution in [0.2, 0.25) is 0 Å². The van der Waals surface area contributed by atoms with Gasteiger partial charge in [-0.15, -0.1) is 0 Å². The molecule has 5 heteroatoms. The van der Waals surface area contributed by atoms with E-state index in [9.17, 15) is 4.79 Å². The van der Waals surface area contributed by atoms with Crippen LogP contribution in [-0.4, -0.2) is 10.9 Å². The van der Waals surface area contributed by atoms with Crippen LogP contribution in [0.4, 0.5) is 11.4 Å². The Morgan fingerprint density at radius 3 is 2.94 bits per heavy atom. The second kappa shape index (κ2) is 4.97. The number of aromatic nitrogens is 1. The zero-order valence-corrected chi connectivity index (χ0v) is 9.42. The SMILES string of the molecule is N#Cc1cccc(NC(=O)c2cnccc2N)c1. The van der Waals surface area contributed by atoms with Gasteiger partial charge in [-0.1, -0.05) is 6.07 Å². The van der Waals surface area contributed by atoms with Gasteiger partial charge in [-0.2, -0.15) is 5.26 Å². The lowest BCUT2D eigenvalue weighted by molar-refractivity contribution is 0.102. The Kier molecular flexibility index (Phi) is 3.21. The summed E-state index contributed by atoms with van der Waals surface area (Å²) in [5.74, 6) is -0.351. The van der Waals surface area contributed by atoms with Crippen LogP contribution in [0.5, 0.6) is 0 Å². The summed E-state index contributed by atoms with van der Waals surface area (Å²) in [7, 11) is 0. The highest BCUT2D eigenvalue weighted by Gasteiger charge is 2.09. The number of carbonyl (C=O) groups excluding carboxylic acids is 1. The van der Waals surface area contributed by atoms with Gasteiger partial charge in [0.05, 0.1) is 17.2 Å². The number of nitrogens with one attached hydrogen (secondary N) is 1. The molecule has 0 unspecified atom stereocenters. The van der Waals surface area contributed by atoms with Gasteiger partial charge in [0.15, 0.2) is 0 Å². The molecular formula is C13H10N4O. The van der Waals surface area contributed by atoms with Crippen LogP contribution in [0.15, 0.2) is 42.7 Å². The Morgan fingerprint density at radius 1 is 1.39 bits per heavy atom. The predicted octanol–water partition coefficient (Wildman–Crippen LogP) is 1.79. The molecule has 2 aromatic rings. The van der Waals surface area contributed by atoms with Crippen molar-refractivity contribution < 1.29 is 4.79 Å². The summed E-state index contributed by atoms with van der Waals surface area (Å²) in [5, 5.41) is 11.4. The van der Waals surface area contributed by atoms with E-state index in [-0.39, 0.29) is 5.91 Å². The van der Waals surface area contributed by atoms with Crippen LogP contribution < -0.4 is 11.1 Å².